The minimum atomic E-state index is -0.383. The average Bonchev–Trinajstić information content (AvgIpc) is 2.33. The Kier molecular flexibility index (Phi) is 5.10. The fourth-order valence-corrected chi connectivity index (χ4v) is 2.14. The van der Waals surface area contributed by atoms with Crippen molar-refractivity contribution < 1.29 is 9.13 Å². The van der Waals surface area contributed by atoms with Crippen LogP contribution in [-0.4, -0.2) is 18.8 Å². The van der Waals surface area contributed by atoms with Crippen LogP contribution in [0.2, 0.25) is 0 Å². The van der Waals surface area contributed by atoms with Crippen LogP contribution in [0.1, 0.15) is 25.8 Å². The summed E-state index contributed by atoms with van der Waals surface area (Å²) in [5, 5.41) is 0. The molecule has 0 amide bonds. The van der Waals surface area contributed by atoms with Crippen molar-refractivity contribution in [3.05, 3.63) is 34.1 Å². The predicted molar refractivity (Wildman–Crippen MR) is 71.5 cm³/mol. The molecule has 17 heavy (non-hydrogen) atoms. The van der Waals surface area contributed by atoms with Gasteiger partial charge in [0, 0.05) is 13.2 Å². The Balaban J connectivity index is 2.88. The van der Waals surface area contributed by atoms with Crippen LogP contribution < -0.4 is 5.73 Å². The molecule has 2 atom stereocenters. The highest BCUT2D eigenvalue weighted by Gasteiger charge is 2.30. The van der Waals surface area contributed by atoms with E-state index in [2.05, 4.69) is 15.9 Å². The lowest BCUT2D eigenvalue weighted by Gasteiger charge is -2.33. The van der Waals surface area contributed by atoms with Crippen molar-refractivity contribution in [1.29, 1.82) is 0 Å². The van der Waals surface area contributed by atoms with Gasteiger partial charge in [0.2, 0.25) is 0 Å². The number of nitrogens with two attached hydrogens (primary N) is 1. The lowest BCUT2D eigenvalue weighted by Crippen LogP contribution is -2.48. The second-order valence-electron chi connectivity index (χ2n) is 4.39. The van der Waals surface area contributed by atoms with E-state index in [1.807, 2.05) is 19.9 Å². The van der Waals surface area contributed by atoms with Crippen LogP contribution in [0, 0.1) is 5.82 Å². The summed E-state index contributed by atoms with van der Waals surface area (Å²) in [6.07, 6.45) is 1.40. The minimum absolute atomic E-state index is 0.171. The fraction of sp³-hybridized carbons (Fsp3) is 0.538. The van der Waals surface area contributed by atoms with Crippen LogP contribution in [0.3, 0.4) is 0 Å². The monoisotopic (exact) mass is 303 g/mol. The van der Waals surface area contributed by atoms with E-state index >= 15 is 0 Å². The quantitative estimate of drug-likeness (QED) is 0.906. The van der Waals surface area contributed by atoms with Gasteiger partial charge >= 0.3 is 0 Å². The Morgan fingerprint density at radius 1 is 1.53 bits per heavy atom. The molecule has 0 aliphatic rings. The number of rotatable bonds is 5. The van der Waals surface area contributed by atoms with Crippen LogP contribution in [-0.2, 0) is 11.2 Å². The van der Waals surface area contributed by atoms with Gasteiger partial charge in [0.25, 0.3) is 0 Å². The van der Waals surface area contributed by atoms with Crippen molar-refractivity contribution in [2.24, 2.45) is 5.73 Å². The smallest absolute Gasteiger partial charge is 0.137 e. The summed E-state index contributed by atoms with van der Waals surface area (Å²) in [6, 6.07) is 4.82. The first kappa shape index (κ1) is 14.6. The molecule has 0 fully saturated rings. The van der Waals surface area contributed by atoms with Crippen LogP contribution in [0.15, 0.2) is 22.7 Å². The maximum absolute atomic E-state index is 13.4. The van der Waals surface area contributed by atoms with Gasteiger partial charge in [0.1, 0.15) is 5.82 Å². The fourth-order valence-electron chi connectivity index (χ4n) is 1.72. The lowest BCUT2D eigenvalue weighted by atomic mass is 9.89. The lowest BCUT2D eigenvalue weighted by molar-refractivity contribution is -0.0185. The number of benzene rings is 1. The van der Waals surface area contributed by atoms with Gasteiger partial charge in [-0.3, -0.25) is 0 Å². The minimum Gasteiger partial charge on any atom is -0.377 e. The molecule has 2 N–H and O–H groups in total. The molecule has 0 heterocycles. The second kappa shape index (κ2) is 5.94. The molecule has 0 saturated heterocycles. The first-order chi connectivity index (χ1) is 7.94. The van der Waals surface area contributed by atoms with E-state index in [0.717, 1.165) is 12.0 Å². The Bertz CT molecular complexity index is 380. The summed E-state index contributed by atoms with van der Waals surface area (Å²) in [5.74, 6) is -0.259. The van der Waals surface area contributed by atoms with E-state index in [4.69, 9.17) is 10.5 Å². The van der Waals surface area contributed by atoms with Gasteiger partial charge in [-0.1, -0.05) is 19.1 Å². The Morgan fingerprint density at radius 2 is 2.18 bits per heavy atom. The standard InChI is InChI=1S/C13H19BrFNO/c1-4-13(2,17-3)11(16)8-9-6-5-7-10(15)12(9)14/h5-7,11H,4,8,16H2,1-3H3. The van der Waals surface area contributed by atoms with Crippen LogP contribution in [0.4, 0.5) is 4.39 Å². The van der Waals surface area contributed by atoms with E-state index in [1.165, 1.54) is 6.07 Å². The Morgan fingerprint density at radius 3 is 2.71 bits per heavy atom. The third-order valence-electron chi connectivity index (χ3n) is 3.42. The number of hydrogen-bond donors (Lipinski definition) is 1. The number of hydrogen-bond acceptors (Lipinski definition) is 2. The molecule has 2 nitrogen and oxygen atoms in total. The van der Waals surface area contributed by atoms with Crippen molar-refractivity contribution in [1.82, 2.24) is 0 Å². The SMILES string of the molecule is CCC(C)(OC)C(N)Cc1cccc(F)c1Br. The average molecular weight is 304 g/mol. The summed E-state index contributed by atoms with van der Waals surface area (Å²) in [6.45, 7) is 4.01. The summed E-state index contributed by atoms with van der Waals surface area (Å²) in [5.41, 5.74) is 6.64. The molecular weight excluding hydrogens is 285 g/mol. The van der Waals surface area contributed by atoms with Crippen molar-refractivity contribution in [3.63, 3.8) is 0 Å². The first-order valence-corrected chi connectivity index (χ1v) is 6.47. The molecule has 1 aromatic rings. The van der Waals surface area contributed by atoms with Gasteiger partial charge in [0.15, 0.2) is 0 Å². The van der Waals surface area contributed by atoms with Crippen molar-refractivity contribution in [2.45, 2.75) is 38.3 Å². The molecule has 1 rings (SSSR count). The van der Waals surface area contributed by atoms with Gasteiger partial charge in [-0.25, -0.2) is 4.39 Å². The van der Waals surface area contributed by atoms with E-state index in [-0.39, 0.29) is 17.5 Å². The van der Waals surface area contributed by atoms with Crippen LogP contribution >= 0.6 is 15.9 Å². The predicted octanol–water partition coefficient (Wildman–Crippen LogP) is 3.27. The number of methoxy groups -OCH3 is 1. The van der Waals surface area contributed by atoms with Crippen molar-refractivity contribution in [2.75, 3.05) is 7.11 Å². The zero-order valence-electron chi connectivity index (χ0n) is 10.5. The van der Waals surface area contributed by atoms with E-state index in [9.17, 15) is 4.39 Å². The van der Waals surface area contributed by atoms with Gasteiger partial charge in [-0.2, -0.15) is 0 Å². The summed E-state index contributed by atoms with van der Waals surface area (Å²) in [4.78, 5) is 0. The van der Waals surface area contributed by atoms with Crippen molar-refractivity contribution in [3.8, 4) is 0 Å². The zero-order chi connectivity index (χ0) is 13.1. The molecule has 0 saturated carbocycles. The maximum Gasteiger partial charge on any atom is 0.137 e. The Hall–Kier alpha value is -0.450. The normalized spacial score (nSPS) is 16.6. The largest absolute Gasteiger partial charge is 0.377 e. The van der Waals surface area contributed by atoms with Gasteiger partial charge in [-0.15, -0.1) is 0 Å². The van der Waals surface area contributed by atoms with Gasteiger partial charge in [0.05, 0.1) is 10.1 Å². The van der Waals surface area contributed by atoms with Crippen LogP contribution in [0.5, 0.6) is 0 Å². The molecule has 0 radical (unpaired) electrons. The molecule has 4 heteroatoms. The molecule has 1 aromatic carbocycles. The number of ether oxygens (including phenoxy) is 1. The third kappa shape index (κ3) is 3.27. The van der Waals surface area contributed by atoms with Crippen LogP contribution in [0.25, 0.3) is 0 Å². The molecule has 0 bridgehead atoms. The van der Waals surface area contributed by atoms with E-state index in [0.29, 0.717) is 10.9 Å². The highest BCUT2D eigenvalue weighted by Crippen LogP contribution is 2.26. The first-order valence-electron chi connectivity index (χ1n) is 5.68. The topological polar surface area (TPSA) is 35.2 Å². The van der Waals surface area contributed by atoms with Gasteiger partial charge in [-0.05, 0) is 47.3 Å². The maximum atomic E-state index is 13.4. The molecule has 0 aromatic heterocycles. The summed E-state index contributed by atoms with van der Waals surface area (Å²) >= 11 is 3.25. The third-order valence-corrected chi connectivity index (χ3v) is 4.31. The summed E-state index contributed by atoms with van der Waals surface area (Å²) in [7, 11) is 1.66. The molecule has 2 unspecified atom stereocenters. The molecule has 0 aliphatic heterocycles. The second-order valence-corrected chi connectivity index (χ2v) is 5.19. The van der Waals surface area contributed by atoms with Crippen molar-refractivity contribution >= 4 is 15.9 Å². The van der Waals surface area contributed by atoms with Gasteiger partial charge < -0.3 is 10.5 Å². The summed E-state index contributed by atoms with van der Waals surface area (Å²) < 4.78 is 19.3. The zero-order valence-corrected chi connectivity index (χ0v) is 12.1. The highest BCUT2D eigenvalue weighted by molar-refractivity contribution is 9.10. The molecular formula is C13H19BrFNO. The van der Waals surface area contributed by atoms with E-state index in [1.54, 1.807) is 13.2 Å². The number of halogens is 2. The molecule has 0 spiro atoms. The molecule has 0 aliphatic carbocycles. The molecule has 96 valence electrons. The highest BCUT2D eigenvalue weighted by atomic mass is 79.9. The van der Waals surface area contributed by atoms with E-state index < -0.39 is 0 Å². The Labute approximate surface area is 110 Å².